The van der Waals surface area contributed by atoms with Gasteiger partial charge in [0, 0.05) is 0 Å². The summed E-state index contributed by atoms with van der Waals surface area (Å²) < 4.78 is 62.1. The van der Waals surface area contributed by atoms with Crippen molar-refractivity contribution in [3.05, 3.63) is 78.3 Å². The largest absolute Gasteiger partial charge is 0.468 e. The predicted molar refractivity (Wildman–Crippen MR) is 109 cm³/mol. The molecule has 0 fully saturated rings. The summed E-state index contributed by atoms with van der Waals surface area (Å²) in [6.07, 6.45) is 1.39. The number of ether oxygens (including phenoxy) is 1. The van der Waals surface area contributed by atoms with Crippen LogP contribution in [0.3, 0.4) is 0 Å². The lowest BCUT2D eigenvalue weighted by Gasteiger charge is -2.21. The average Bonchev–Trinajstić information content (AvgIpc) is 3.22. The number of nitrogens with zero attached hydrogens (tertiary/aromatic N) is 1. The van der Waals surface area contributed by atoms with E-state index >= 15 is 0 Å². The Morgan fingerprint density at radius 3 is 2.45 bits per heavy atom. The van der Waals surface area contributed by atoms with Gasteiger partial charge >= 0.3 is 6.61 Å². The number of hydrogen-bond acceptors (Lipinski definition) is 5. The van der Waals surface area contributed by atoms with E-state index in [1.807, 2.05) is 6.92 Å². The van der Waals surface area contributed by atoms with Crippen LogP contribution < -0.4 is 10.1 Å². The molecule has 10 heteroatoms. The van der Waals surface area contributed by atoms with Crippen molar-refractivity contribution in [3.8, 4) is 5.75 Å². The van der Waals surface area contributed by atoms with Crippen LogP contribution in [-0.2, 0) is 21.4 Å². The van der Waals surface area contributed by atoms with Gasteiger partial charge in [0.15, 0.2) is 0 Å². The molecule has 0 spiro atoms. The van der Waals surface area contributed by atoms with Gasteiger partial charge in [-0.15, -0.1) is 0 Å². The number of aryl methyl sites for hydroxylation is 1. The van der Waals surface area contributed by atoms with Gasteiger partial charge in [0.2, 0.25) is 15.9 Å². The zero-order chi connectivity index (χ0) is 22.4. The Hall–Kier alpha value is -3.24. The fraction of sp³-hybridized carbons (Fsp3) is 0.190. The Bertz CT molecular complexity index is 1120. The first-order chi connectivity index (χ1) is 14.8. The zero-order valence-corrected chi connectivity index (χ0v) is 17.3. The standard InChI is InChI=1S/C21H20F2N2O5S/c1-15-8-10-17(11-9-15)31(27,28)25(13-16-5-4-12-29-16)14-20(26)24-18-6-2-3-7-19(18)30-21(22)23/h2-12,21H,13-14H2,1H3,(H,24,26). The van der Waals surface area contributed by atoms with Gasteiger partial charge < -0.3 is 14.5 Å². The van der Waals surface area contributed by atoms with E-state index in [1.165, 1.54) is 42.7 Å². The molecule has 1 amide bonds. The van der Waals surface area contributed by atoms with Gasteiger partial charge in [0.05, 0.1) is 29.9 Å². The lowest BCUT2D eigenvalue weighted by molar-refractivity contribution is -0.116. The highest BCUT2D eigenvalue weighted by atomic mass is 32.2. The third-order valence-corrected chi connectivity index (χ3v) is 6.07. The van der Waals surface area contributed by atoms with E-state index in [4.69, 9.17) is 4.42 Å². The number of carbonyl (C=O) groups is 1. The molecule has 0 saturated carbocycles. The van der Waals surface area contributed by atoms with Crippen molar-refractivity contribution in [2.45, 2.75) is 25.0 Å². The number of para-hydroxylation sites is 2. The summed E-state index contributed by atoms with van der Waals surface area (Å²) in [5.41, 5.74) is 0.878. The number of anilines is 1. The van der Waals surface area contributed by atoms with Crippen LogP contribution in [0.1, 0.15) is 11.3 Å². The molecule has 1 N–H and O–H groups in total. The first kappa shape index (κ1) is 22.4. The average molecular weight is 450 g/mol. The highest BCUT2D eigenvalue weighted by Crippen LogP contribution is 2.26. The Morgan fingerprint density at radius 2 is 1.81 bits per heavy atom. The molecule has 0 aliphatic carbocycles. The topological polar surface area (TPSA) is 88.9 Å². The second kappa shape index (κ2) is 9.71. The predicted octanol–water partition coefficient (Wildman–Crippen LogP) is 4.02. The van der Waals surface area contributed by atoms with E-state index in [2.05, 4.69) is 10.1 Å². The normalized spacial score (nSPS) is 11.6. The molecule has 0 bridgehead atoms. The highest BCUT2D eigenvalue weighted by Gasteiger charge is 2.28. The molecule has 1 aromatic heterocycles. The smallest absolute Gasteiger partial charge is 0.387 e. The number of benzene rings is 2. The van der Waals surface area contributed by atoms with Gasteiger partial charge in [-0.3, -0.25) is 4.79 Å². The fourth-order valence-electron chi connectivity index (χ4n) is 2.78. The number of alkyl halides is 2. The second-order valence-electron chi connectivity index (χ2n) is 6.59. The van der Waals surface area contributed by atoms with E-state index < -0.39 is 29.1 Å². The molecule has 1 heterocycles. The Labute approximate surface area is 178 Å². The maximum atomic E-state index is 13.2. The molecule has 0 atom stereocenters. The second-order valence-corrected chi connectivity index (χ2v) is 8.53. The van der Waals surface area contributed by atoms with Crippen LogP contribution in [-0.4, -0.2) is 31.8 Å². The molecule has 31 heavy (non-hydrogen) atoms. The van der Waals surface area contributed by atoms with E-state index in [0.717, 1.165) is 9.87 Å². The van der Waals surface area contributed by atoms with E-state index in [-0.39, 0.29) is 22.9 Å². The fourth-order valence-corrected chi connectivity index (χ4v) is 4.14. The minimum absolute atomic E-state index is 0.00141. The first-order valence-corrected chi connectivity index (χ1v) is 10.6. The molecule has 0 aliphatic heterocycles. The summed E-state index contributed by atoms with van der Waals surface area (Å²) in [4.78, 5) is 12.6. The maximum Gasteiger partial charge on any atom is 0.387 e. The van der Waals surface area contributed by atoms with Crippen molar-refractivity contribution >= 4 is 21.6 Å². The Kier molecular flexibility index (Phi) is 7.03. The van der Waals surface area contributed by atoms with Gasteiger partial charge in [-0.1, -0.05) is 29.8 Å². The number of halogens is 2. The van der Waals surface area contributed by atoms with Crippen LogP contribution in [0.15, 0.2) is 76.2 Å². The van der Waals surface area contributed by atoms with Gasteiger partial charge in [0.25, 0.3) is 0 Å². The van der Waals surface area contributed by atoms with Crippen LogP contribution in [0, 0.1) is 6.92 Å². The summed E-state index contributed by atoms with van der Waals surface area (Å²) >= 11 is 0. The van der Waals surface area contributed by atoms with Crippen LogP contribution in [0.5, 0.6) is 5.75 Å². The van der Waals surface area contributed by atoms with Crippen molar-refractivity contribution in [3.63, 3.8) is 0 Å². The summed E-state index contributed by atoms with van der Waals surface area (Å²) in [5, 5.41) is 2.42. The third-order valence-electron chi connectivity index (χ3n) is 4.27. The molecule has 0 radical (unpaired) electrons. The van der Waals surface area contributed by atoms with Crippen molar-refractivity contribution in [1.82, 2.24) is 4.31 Å². The van der Waals surface area contributed by atoms with Crippen molar-refractivity contribution in [2.75, 3.05) is 11.9 Å². The van der Waals surface area contributed by atoms with Gasteiger partial charge in [-0.05, 0) is 43.3 Å². The van der Waals surface area contributed by atoms with Crippen molar-refractivity contribution in [2.24, 2.45) is 0 Å². The third kappa shape index (κ3) is 5.89. The molecule has 164 valence electrons. The highest BCUT2D eigenvalue weighted by molar-refractivity contribution is 7.89. The molecule has 0 unspecified atom stereocenters. The summed E-state index contributed by atoms with van der Waals surface area (Å²) in [6.45, 7) is -2.01. The first-order valence-electron chi connectivity index (χ1n) is 9.18. The number of carbonyl (C=O) groups excluding carboxylic acids is 1. The number of sulfonamides is 1. The van der Waals surface area contributed by atoms with Gasteiger partial charge in [-0.25, -0.2) is 8.42 Å². The molecule has 7 nitrogen and oxygen atoms in total. The molecule has 2 aromatic carbocycles. The van der Waals surface area contributed by atoms with Crippen LogP contribution in [0.25, 0.3) is 0 Å². The lowest BCUT2D eigenvalue weighted by atomic mass is 10.2. The Morgan fingerprint density at radius 1 is 1.10 bits per heavy atom. The minimum Gasteiger partial charge on any atom is -0.468 e. The van der Waals surface area contributed by atoms with E-state index in [0.29, 0.717) is 5.76 Å². The molecule has 3 aromatic rings. The number of rotatable bonds is 9. The quantitative estimate of drug-likeness (QED) is 0.532. The lowest BCUT2D eigenvalue weighted by Crippen LogP contribution is -2.37. The van der Waals surface area contributed by atoms with Crippen molar-refractivity contribution < 1.29 is 31.1 Å². The minimum atomic E-state index is -4.05. The summed E-state index contributed by atoms with van der Waals surface area (Å²) in [6, 6.07) is 15.0. The number of furan rings is 1. The van der Waals surface area contributed by atoms with Gasteiger partial charge in [-0.2, -0.15) is 13.1 Å². The number of amides is 1. The Balaban J connectivity index is 1.84. The molecule has 0 saturated heterocycles. The monoisotopic (exact) mass is 450 g/mol. The molecular weight excluding hydrogens is 430 g/mol. The van der Waals surface area contributed by atoms with Crippen LogP contribution in [0.4, 0.5) is 14.5 Å². The summed E-state index contributed by atoms with van der Waals surface area (Å²) in [5.74, 6) is -0.623. The van der Waals surface area contributed by atoms with Crippen LogP contribution in [0.2, 0.25) is 0 Å². The zero-order valence-electron chi connectivity index (χ0n) is 16.5. The van der Waals surface area contributed by atoms with E-state index in [1.54, 1.807) is 24.3 Å². The number of hydrogen-bond donors (Lipinski definition) is 1. The van der Waals surface area contributed by atoms with Crippen LogP contribution >= 0.6 is 0 Å². The number of nitrogens with one attached hydrogen (secondary N) is 1. The van der Waals surface area contributed by atoms with Gasteiger partial charge in [0.1, 0.15) is 11.5 Å². The maximum absolute atomic E-state index is 13.2. The molecular formula is C21H20F2N2O5S. The van der Waals surface area contributed by atoms with E-state index in [9.17, 15) is 22.0 Å². The molecule has 0 aliphatic rings. The molecule has 3 rings (SSSR count). The SMILES string of the molecule is Cc1ccc(S(=O)(=O)N(CC(=O)Nc2ccccc2OC(F)F)Cc2ccco2)cc1. The van der Waals surface area contributed by atoms with Crippen molar-refractivity contribution in [1.29, 1.82) is 0 Å². The summed E-state index contributed by atoms with van der Waals surface area (Å²) in [7, 11) is -4.05.